The van der Waals surface area contributed by atoms with Crippen molar-refractivity contribution in [3.63, 3.8) is 0 Å². The number of carboxylic acids is 1. The van der Waals surface area contributed by atoms with Crippen molar-refractivity contribution in [2.45, 2.75) is 25.8 Å². The average molecular weight is 242 g/mol. The third-order valence-electron chi connectivity index (χ3n) is 2.43. The van der Waals surface area contributed by atoms with Crippen LogP contribution in [0.4, 0.5) is 10.2 Å². The van der Waals surface area contributed by atoms with Crippen LogP contribution in [0.2, 0.25) is 0 Å². The first-order valence-electron chi connectivity index (χ1n) is 5.35. The third-order valence-corrected chi connectivity index (χ3v) is 2.43. The van der Waals surface area contributed by atoms with Crippen molar-refractivity contribution in [1.29, 1.82) is 0 Å². The van der Waals surface area contributed by atoms with Crippen molar-refractivity contribution in [2.75, 3.05) is 11.9 Å². The summed E-state index contributed by atoms with van der Waals surface area (Å²) < 4.78 is 13.7. The number of halogens is 1. The molecule has 1 aromatic heterocycles. The lowest BCUT2D eigenvalue weighted by atomic mass is 10.1. The van der Waals surface area contributed by atoms with Gasteiger partial charge < -0.3 is 15.5 Å². The number of aliphatic hydroxyl groups is 1. The van der Waals surface area contributed by atoms with Gasteiger partial charge in [-0.25, -0.2) is 14.2 Å². The molecule has 0 amide bonds. The Morgan fingerprint density at radius 2 is 2.35 bits per heavy atom. The molecule has 0 saturated carbocycles. The van der Waals surface area contributed by atoms with Crippen molar-refractivity contribution in [1.82, 2.24) is 4.98 Å². The third kappa shape index (κ3) is 3.39. The lowest BCUT2D eigenvalue weighted by Gasteiger charge is -2.17. The number of nitrogens with one attached hydrogen (secondary N) is 1. The second-order valence-corrected chi connectivity index (χ2v) is 3.59. The fraction of sp³-hybridized carbons (Fsp3) is 0.455. The molecule has 17 heavy (non-hydrogen) atoms. The number of hydrogen-bond acceptors (Lipinski definition) is 4. The molecule has 1 atom stereocenters. The number of hydrogen-bond donors (Lipinski definition) is 3. The van der Waals surface area contributed by atoms with Gasteiger partial charge in [0, 0.05) is 18.8 Å². The topological polar surface area (TPSA) is 82.5 Å². The van der Waals surface area contributed by atoms with E-state index >= 15 is 0 Å². The first-order valence-corrected chi connectivity index (χ1v) is 5.35. The van der Waals surface area contributed by atoms with Gasteiger partial charge in [0.25, 0.3) is 0 Å². The molecular weight excluding hydrogens is 227 g/mol. The van der Waals surface area contributed by atoms with Gasteiger partial charge in [0.05, 0.1) is 0 Å². The molecule has 0 bridgehead atoms. The minimum atomic E-state index is -1.33. The monoisotopic (exact) mass is 242 g/mol. The van der Waals surface area contributed by atoms with E-state index in [2.05, 4.69) is 10.3 Å². The van der Waals surface area contributed by atoms with Crippen LogP contribution < -0.4 is 5.32 Å². The van der Waals surface area contributed by atoms with Crippen molar-refractivity contribution in [2.24, 2.45) is 0 Å². The van der Waals surface area contributed by atoms with Gasteiger partial charge >= 0.3 is 5.97 Å². The number of nitrogens with zero attached hydrogens (tertiary/aromatic N) is 1. The molecule has 1 unspecified atom stereocenters. The minimum absolute atomic E-state index is 0.0221. The highest BCUT2D eigenvalue weighted by atomic mass is 19.1. The van der Waals surface area contributed by atoms with E-state index in [1.54, 1.807) is 0 Å². The van der Waals surface area contributed by atoms with Crippen LogP contribution >= 0.6 is 0 Å². The lowest BCUT2D eigenvalue weighted by molar-refractivity contribution is 0.0691. The zero-order valence-electron chi connectivity index (χ0n) is 9.48. The van der Waals surface area contributed by atoms with Crippen LogP contribution in [0.25, 0.3) is 0 Å². The molecule has 0 radical (unpaired) electrons. The van der Waals surface area contributed by atoms with Crippen LogP contribution in [-0.2, 0) is 0 Å². The smallest absolute Gasteiger partial charge is 0.338 e. The van der Waals surface area contributed by atoms with Crippen LogP contribution in [0.15, 0.2) is 12.3 Å². The molecule has 0 aliphatic rings. The van der Waals surface area contributed by atoms with E-state index in [1.807, 2.05) is 6.92 Å². The average Bonchev–Trinajstić information content (AvgIpc) is 2.30. The Kier molecular flexibility index (Phi) is 4.84. The van der Waals surface area contributed by atoms with Crippen molar-refractivity contribution < 1.29 is 19.4 Å². The van der Waals surface area contributed by atoms with Gasteiger partial charge in [-0.15, -0.1) is 0 Å². The SMILES string of the molecule is CCC(CCO)Nc1nccc(C(=O)O)c1F. The maximum absolute atomic E-state index is 13.7. The number of aromatic nitrogens is 1. The Morgan fingerprint density at radius 1 is 1.65 bits per heavy atom. The molecule has 0 fully saturated rings. The highest BCUT2D eigenvalue weighted by Gasteiger charge is 2.16. The van der Waals surface area contributed by atoms with Gasteiger partial charge in [-0.1, -0.05) is 6.92 Å². The van der Waals surface area contributed by atoms with Crippen molar-refractivity contribution in [3.8, 4) is 0 Å². The predicted molar refractivity (Wildman–Crippen MR) is 60.6 cm³/mol. The predicted octanol–water partition coefficient (Wildman–Crippen LogP) is 1.49. The molecule has 0 aliphatic heterocycles. The second-order valence-electron chi connectivity index (χ2n) is 3.59. The van der Waals surface area contributed by atoms with Gasteiger partial charge in [0.1, 0.15) is 5.56 Å². The van der Waals surface area contributed by atoms with Crippen LogP contribution in [0.5, 0.6) is 0 Å². The number of aliphatic hydroxyl groups excluding tert-OH is 1. The maximum Gasteiger partial charge on any atom is 0.338 e. The quantitative estimate of drug-likeness (QED) is 0.704. The molecule has 1 aromatic rings. The number of carbonyl (C=O) groups is 1. The standard InChI is InChI=1S/C11H15FN2O3/c1-2-7(4-6-15)14-10-9(12)8(11(16)17)3-5-13-10/h3,5,7,15H,2,4,6H2,1H3,(H,13,14)(H,16,17). The van der Waals surface area contributed by atoms with Crippen molar-refractivity contribution in [3.05, 3.63) is 23.6 Å². The molecule has 5 nitrogen and oxygen atoms in total. The molecule has 94 valence electrons. The number of pyridine rings is 1. The zero-order chi connectivity index (χ0) is 12.8. The van der Waals surface area contributed by atoms with Gasteiger partial charge in [0.2, 0.25) is 0 Å². The maximum atomic E-state index is 13.7. The van der Waals surface area contributed by atoms with E-state index < -0.39 is 17.3 Å². The number of aromatic carboxylic acids is 1. The summed E-state index contributed by atoms with van der Waals surface area (Å²) in [6.45, 7) is 1.86. The fourth-order valence-corrected chi connectivity index (χ4v) is 1.44. The molecular formula is C11H15FN2O3. The summed E-state index contributed by atoms with van der Waals surface area (Å²) in [7, 11) is 0. The first-order chi connectivity index (χ1) is 8.10. The largest absolute Gasteiger partial charge is 0.478 e. The van der Waals surface area contributed by atoms with E-state index in [-0.39, 0.29) is 18.5 Å². The lowest BCUT2D eigenvalue weighted by Crippen LogP contribution is -2.22. The molecule has 0 spiro atoms. The van der Waals surface area contributed by atoms with E-state index in [4.69, 9.17) is 10.2 Å². The summed E-state index contributed by atoms with van der Waals surface area (Å²) in [6, 6.07) is 0.974. The molecule has 0 aromatic carbocycles. The Bertz CT molecular complexity index is 398. The van der Waals surface area contributed by atoms with Crippen LogP contribution in [0.1, 0.15) is 30.1 Å². The Morgan fingerprint density at radius 3 is 2.88 bits per heavy atom. The highest BCUT2D eigenvalue weighted by Crippen LogP contribution is 2.17. The number of anilines is 1. The Balaban J connectivity index is 2.91. The molecule has 6 heteroatoms. The minimum Gasteiger partial charge on any atom is -0.478 e. The zero-order valence-corrected chi connectivity index (χ0v) is 9.48. The van der Waals surface area contributed by atoms with Gasteiger partial charge in [-0.3, -0.25) is 0 Å². The number of carboxylic acid groups (broad SMARTS) is 1. The van der Waals surface area contributed by atoms with Crippen molar-refractivity contribution >= 4 is 11.8 Å². The van der Waals surface area contributed by atoms with E-state index in [1.165, 1.54) is 6.20 Å². The summed E-state index contributed by atoms with van der Waals surface area (Å²) in [6.07, 6.45) is 2.37. The highest BCUT2D eigenvalue weighted by molar-refractivity contribution is 5.88. The molecule has 3 N–H and O–H groups in total. The fourth-order valence-electron chi connectivity index (χ4n) is 1.44. The molecule has 1 rings (SSSR count). The molecule has 0 saturated heterocycles. The van der Waals surface area contributed by atoms with Gasteiger partial charge in [-0.2, -0.15) is 0 Å². The molecule has 1 heterocycles. The van der Waals surface area contributed by atoms with E-state index in [0.717, 1.165) is 6.07 Å². The van der Waals surface area contributed by atoms with Crippen LogP contribution in [0, 0.1) is 5.82 Å². The van der Waals surface area contributed by atoms with Gasteiger partial charge in [0.15, 0.2) is 11.6 Å². The summed E-state index contributed by atoms with van der Waals surface area (Å²) in [5, 5.41) is 20.3. The molecule has 0 aliphatic carbocycles. The number of rotatable bonds is 6. The van der Waals surface area contributed by atoms with Crippen LogP contribution in [0.3, 0.4) is 0 Å². The van der Waals surface area contributed by atoms with E-state index in [9.17, 15) is 9.18 Å². The Hall–Kier alpha value is -1.69. The summed E-state index contributed by atoms with van der Waals surface area (Å²) in [5.41, 5.74) is -0.415. The summed E-state index contributed by atoms with van der Waals surface area (Å²) in [5.74, 6) is -2.30. The summed E-state index contributed by atoms with van der Waals surface area (Å²) >= 11 is 0. The van der Waals surface area contributed by atoms with E-state index in [0.29, 0.717) is 12.8 Å². The van der Waals surface area contributed by atoms with Crippen LogP contribution in [-0.4, -0.2) is 33.8 Å². The second kappa shape index (κ2) is 6.15. The Labute approximate surface area is 98.3 Å². The van der Waals surface area contributed by atoms with Gasteiger partial charge in [-0.05, 0) is 18.9 Å². The summed E-state index contributed by atoms with van der Waals surface area (Å²) in [4.78, 5) is 14.5. The first kappa shape index (κ1) is 13.4. The normalized spacial score (nSPS) is 12.2.